The molecule has 0 amide bonds. The Labute approximate surface area is 120 Å². The number of para-hydroxylation sites is 1. The van der Waals surface area contributed by atoms with Gasteiger partial charge in [-0.1, -0.05) is 6.07 Å². The molecule has 0 aromatic heterocycles. The number of halogens is 1. The predicted molar refractivity (Wildman–Crippen MR) is 70.6 cm³/mol. The van der Waals surface area contributed by atoms with Crippen LogP contribution in [0.15, 0.2) is 23.1 Å². The van der Waals surface area contributed by atoms with E-state index in [2.05, 4.69) is 4.72 Å². The van der Waals surface area contributed by atoms with Crippen molar-refractivity contribution in [2.75, 3.05) is 0 Å². The number of hydrogen-bond donors (Lipinski definition) is 1. The lowest BCUT2D eigenvalue weighted by atomic mass is 9.95. The van der Waals surface area contributed by atoms with Crippen molar-refractivity contribution in [3.05, 3.63) is 34.1 Å². The summed E-state index contributed by atoms with van der Waals surface area (Å²) < 4.78 is 40.2. The minimum atomic E-state index is -4.22. The molecule has 0 saturated heterocycles. The molecule has 9 heteroatoms. The molecule has 0 bridgehead atoms. The Bertz CT molecular complexity index is 679. The van der Waals surface area contributed by atoms with Gasteiger partial charge in [0.25, 0.3) is 0 Å². The maximum absolute atomic E-state index is 13.5. The normalized spacial score (nSPS) is 16.9. The summed E-state index contributed by atoms with van der Waals surface area (Å²) in [6, 6.07) is 2.44. The molecule has 1 fully saturated rings. The van der Waals surface area contributed by atoms with Gasteiger partial charge in [0.15, 0.2) is 4.90 Å². The summed E-state index contributed by atoms with van der Waals surface area (Å²) in [5, 5.41) is 10.9. The molecule has 1 saturated carbocycles. The molecular weight excluding hydrogens is 303 g/mol. The molecule has 0 spiro atoms. The topological polar surface area (TPSA) is 106 Å². The lowest BCUT2D eigenvalue weighted by Gasteiger charge is -2.21. The van der Waals surface area contributed by atoms with Crippen LogP contribution >= 0.6 is 0 Å². The molecule has 114 valence electrons. The third-order valence-corrected chi connectivity index (χ3v) is 4.84. The minimum absolute atomic E-state index is 0.0576. The van der Waals surface area contributed by atoms with Crippen molar-refractivity contribution in [1.82, 2.24) is 4.72 Å². The third kappa shape index (κ3) is 3.42. The second-order valence-electron chi connectivity index (χ2n) is 4.78. The minimum Gasteiger partial charge on any atom is -0.300 e. The third-order valence-electron chi connectivity index (χ3n) is 3.29. The number of ketones is 1. The molecule has 0 heterocycles. The molecule has 2 rings (SSSR count). The van der Waals surface area contributed by atoms with Gasteiger partial charge in [-0.05, 0) is 25.0 Å². The highest BCUT2D eigenvalue weighted by Crippen LogP contribution is 2.27. The van der Waals surface area contributed by atoms with Crippen LogP contribution in [-0.4, -0.2) is 25.2 Å². The fourth-order valence-electron chi connectivity index (χ4n) is 2.23. The number of nitrogens with one attached hydrogen (secondary N) is 1. The van der Waals surface area contributed by atoms with Crippen molar-refractivity contribution < 1.29 is 22.5 Å². The Balaban J connectivity index is 2.30. The average molecular weight is 316 g/mol. The number of nitrogens with zero attached hydrogens (tertiary/aromatic N) is 1. The Morgan fingerprint density at radius 3 is 2.48 bits per heavy atom. The molecule has 7 nitrogen and oxygen atoms in total. The van der Waals surface area contributed by atoms with E-state index in [0.29, 0.717) is 12.8 Å². The van der Waals surface area contributed by atoms with Crippen LogP contribution in [0, 0.1) is 15.9 Å². The lowest BCUT2D eigenvalue weighted by Crippen LogP contribution is -2.38. The van der Waals surface area contributed by atoms with Crippen molar-refractivity contribution >= 4 is 21.5 Å². The summed E-state index contributed by atoms with van der Waals surface area (Å²) in [5.41, 5.74) is -1.07. The summed E-state index contributed by atoms with van der Waals surface area (Å²) in [4.78, 5) is 20.2. The van der Waals surface area contributed by atoms with Crippen LogP contribution in [0.4, 0.5) is 10.1 Å². The number of Topliss-reactive ketones (excluding diaryl/α,β-unsaturated/α-hetero) is 1. The number of nitro benzene ring substituents is 1. The molecule has 1 aliphatic rings. The zero-order valence-corrected chi connectivity index (χ0v) is 11.7. The summed E-state index contributed by atoms with van der Waals surface area (Å²) in [5.74, 6) is -1.15. The lowest BCUT2D eigenvalue weighted by molar-refractivity contribution is -0.390. The van der Waals surface area contributed by atoms with Crippen LogP contribution in [0.1, 0.15) is 25.7 Å². The number of carbonyl (C=O) groups is 1. The maximum Gasteiger partial charge on any atom is 0.324 e. The fraction of sp³-hybridized carbons (Fsp3) is 0.417. The molecule has 1 N–H and O–H groups in total. The number of sulfonamides is 1. The van der Waals surface area contributed by atoms with Gasteiger partial charge in [-0.15, -0.1) is 0 Å². The van der Waals surface area contributed by atoms with Gasteiger partial charge in [-0.2, -0.15) is 4.39 Å². The zero-order valence-electron chi connectivity index (χ0n) is 10.9. The molecule has 0 aliphatic heterocycles. The van der Waals surface area contributed by atoms with E-state index in [9.17, 15) is 27.7 Å². The van der Waals surface area contributed by atoms with E-state index in [1.807, 2.05) is 0 Å². The Morgan fingerprint density at radius 2 is 1.90 bits per heavy atom. The van der Waals surface area contributed by atoms with Gasteiger partial charge in [-0.25, -0.2) is 13.1 Å². The Kier molecular flexibility index (Phi) is 4.33. The van der Waals surface area contributed by atoms with E-state index in [-0.39, 0.29) is 18.6 Å². The van der Waals surface area contributed by atoms with Crippen molar-refractivity contribution in [1.29, 1.82) is 0 Å². The SMILES string of the molecule is O=C1CCC(NS(=O)(=O)c2cccc(F)c2[N+](=O)[O-])CC1. The first kappa shape index (κ1) is 15.5. The Hall–Kier alpha value is -1.87. The van der Waals surface area contributed by atoms with Crippen LogP contribution in [0.2, 0.25) is 0 Å². The maximum atomic E-state index is 13.5. The first-order valence-electron chi connectivity index (χ1n) is 6.28. The number of rotatable bonds is 4. The van der Waals surface area contributed by atoms with E-state index in [4.69, 9.17) is 0 Å². The standard InChI is InChI=1S/C12H13FN2O5S/c13-10-2-1-3-11(12(10)15(17)18)21(19,20)14-8-4-6-9(16)7-5-8/h1-3,8,14H,4-7H2. The first-order valence-corrected chi connectivity index (χ1v) is 7.76. The number of benzene rings is 1. The van der Waals surface area contributed by atoms with Gasteiger partial charge in [0, 0.05) is 18.9 Å². The van der Waals surface area contributed by atoms with Gasteiger partial charge >= 0.3 is 5.69 Å². The second-order valence-corrected chi connectivity index (χ2v) is 6.46. The van der Waals surface area contributed by atoms with Crippen LogP contribution < -0.4 is 4.72 Å². The Morgan fingerprint density at radius 1 is 1.29 bits per heavy atom. The molecule has 0 radical (unpaired) electrons. The highest BCUT2D eigenvalue weighted by molar-refractivity contribution is 7.89. The van der Waals surface area contributed by atoms with Crippen LogP contribution in [0.5, 0.6) is 0 Å². The smallest absolute Gasteiger partial charge is 0.300 e. The van der Waals surface area contributed by atoms with Crippen molar-refractivity contribution in [2.24, 2.45) is 0 Å². The van der Waals surface area contributed by atoms with Crippen molar-refractivity contribution in [2.45, 2.75) is 36.6 Å². The van der Waals surface area contributed by atoms with Gasteiger partial charge in [0.2, 0.25) is 15.8 Å². The van der Waals surface area contributed by atoms with Gasteiger partial charge in [-0.3, -0.25) is 14.9 Å². The molecule has 0 unspecified atom stereocenters. The predicted octanol–water partition coefficient (Wildman–Crippen LogP) is 1.52. The van der Waals surface area contributed by atoms with Crippen molar-refractivity contribution in [3.8, 4) is 0 Å². The average Bonchev–Trinajstić information content (AvgIpc) is 2.40. The fourth-order valence-corrected chi connectivity index (χ4v) is 3.72. The van der Waals surface area contributed by atoms with E-state index in [1.165, 1.54) is 0 Å². The largest absolute Gasteiger partial charge is 0.324 e. The van der Waals surface area contributed by atoms with E-state index in [0.717, 1.165) is 18.2 Å². The number of nitro groups is 1. The van der Waals surface area contributed by atoms with Gasteiger partial charge in [0.1, 0.15) is 5.78 Å². The van der Waals surface area contributed by atoms with Crippen LogP contribution in [-0.2, 0) is 14.8 Å². The van der Waals surface area contributed by atoms with E-state index in [1.54, 1.807) is 0 Å². The monoisotopic (exact) mass is 316 g/mol. The molecule has 1 aromatic rings. The highest BCUT2D eigenvalue weighted by Gasteiger charge is 2.32. The highest BCUT2D eigenvalue weighted by atomic mass is 32.2. The van der Waals surface area contributed by atoms with Crippen LogP contribution in [0.3, 0.4) is 0 Å². The number of hydrogen-bond acceptors (Lipinski definition) is 5. The quantitative estimate of drug-likeness (QED) is 0.669. The molecule has 0 atom stereocenters. The van der Waals surface area contributed by atoms with Gasteiger partial charge in [0.05, 0.1) is 4.92 Å². The summed E-state index contributed by atoms with van der Waals surface area (Å²) in [7, 11) is -4.22. The van der Waals surface area contributed by atoms with Crippen molar-refractivity contribution in [3.63, 3.8) is 0 Å². The van der Waals surface area contributed by atoms with Gasteiger partial charge < -0.3 is 0 Å². The molecular formula is C12H13FN2O5S. The van der Waals surface area contributed by atoms with E-state index >= 15 is 0 Å². The molecule has 1 aromatic carbocycles. The summed E-state index contributed by atoms with van der Waals surface area (Å²) >= 11 is 0. The second kappa shape index (κ2) is 5.86. The van der Waals surface area contributed by atoms with E-state index < -0.39 is 37.4 Å². The molecule has 21 heavy (non-hydrogen) atoms. The van der Waals surface area contributed by atoms with Crippen LogP contribution in [0.25, 0.3) is 0 Å². The zero-order chi connectivity index (χ0) is 15.6. The summed E-state index contributed by atoms with van der Waals surface area (Å²) in [6.07, 6.45) is 1.19. The first-order chi connectivity index (χ1) is 9.81. The summed E-state index contributed by atoms with van der Waals surface area (Å²) in [6.45, 7) is 0. The molecule has 1 aliphatic carbocycles. The number of carbonyl (C=O) groups excluding carboxylic acids is 1.